The summed E-state index contributed by atoms with van der Waals surface area (Å²) in [5, 5.41) is 14.0. The van der Waals surface area contributed by atoms with Gasteiger partial charge in [0.25, 0.3) is 0 Å². The van der Waals surface area contributed by atoms with E-state index in [1.807, 2.05) is 0 Å². The molecule has 0 spiro atoms. The molecular weight excluding hydrogens is 300 g/mol. The molecule has 1 aromatic heterocycles. The molecule has 1 unspecified atom stereocenters. The summed E-state index contributed by atoms with van der Waals surface area (Å²) < 4.78 is 9.25. The van der Waals surface area contributed by atoms with Crippen molar-refractivity contribution in [3.63, 3.8) is 0 Å². The Hall–Kier alpha value is -2.16. The van der Waals surface area contributed by atoms with Crippen molar-refractivity contribution < 1.29 is 24.0 Å². The SMILES string of the molecule is COC(=O)c1cc([N+](=O)[O-])c(NC(C(=O)OC)C2CC2)s1. The second-order valence-corrected chi connectivity index (χ2v) is 5.61. The number of nitrogens with zero attached hydrogens (tertiary/aromatic N) is 1. The van der Waals surface area contributed by atoms with Crippen LogP contribution in [0.25, 0.3) is 0 Å². The third-order valence-electron chi connectivity index (χ3n) is 3.13. The summed E-state index contributed by atoms with van der Waals surface area (Å²) in [5.74, 6) is -1.03. The van der Waals surface area contributed by atoms with Crippen LogP contribution in [0, 0.1) is 16.0 Å². The highest BCUT2D eigenvalue weighted by molar-refractivity contribution is 7.18. The minimum absolute atomic E-state index is 0.0979. The highest BCUT2D eigenvalue weighted by Gasteiger charge is 2.38. The summed E-state index contributed by atoms with van der Waals surface area (Å²) >= 11 is 0.887. The van der Waals surface area contributed by atoms with E-state index in [-0.39, 0.29) is 21.5 Å². The van der Waals surface area contributed by atoms with E-state index in [0.717, 1.165) is 30.2 Å². The Kier molecular flexibility index (Phi) is 4.41. The fraction of sp³-hybridized carbons (Fsp3) is 0.500. The molecule has 1 aromatic rings. The summed E-state index contributed by atoms with van der Waals surface area (Å²) in [6.45, 7) is 0. The van der Waals surface area contributed by atoms with Gasteiger partial charge < -0.3 is 14.8 Å². The molecule has 1 saturated carbocycles. The van der Waals surface area contributed by atoms with Gasteiger partial charge >= 0.3 is 17.6 Å². The molecule has 0 radical (unpaired) electrons. The molecule has 0 bridgehead atoms. The third-order valence-corrected chi connectivity index (χ3v) is 4.17. The number of hydrogen-bond acceptors (Lipinski definition) is 8. The molecule has 0 saturated heterocycles. The van der Waals surface area contributed by atoms with Crippen LogP contribution in [-0.2, 0) is 14.3 Å². The van der Waals surface area contributed by atoms with Gasteiger partial charge in [-0.3, -0.25) is 10.1 Å². The second-order valence-electron chi connectivity index (χ2n) is 4.56. The minimum atomic E-state index is -0.655. The van der Waals surface area contributed by atoms with E-state index < -0.39 is 22.9 Å². The molecule has 0 amide bonds. The molecule has 0 aromatic carbocycles. The number of rotatable bonds is 6. The third kappa shape index (κ3) is 3.30. The highest BCUT2D eigenvalue weighted by Crippen LogP contribution is 2.40. The number of methoxy groups -OCH3 is 2. The average molecular weight is 314 g/mol. The molecule has 0 aliphatic heterocycles. The normalized spacial score (nSPS) is 15.1. The topological polar surface area (TPSA) is 108 Å². The van der Waals surface area contributed by atoms with Crippen molar-refractivity contribution in [1.29, 1.82) is 0 Å². The quantitative estimate of drug-likeness (QED) is 0.484. The van der Waals surface area contributed by atoms with Gasteiger partial charge in [-0.2, -0.15) is 0 Å². The van der Waals surface area contributed by atoms with Crippen molar-refractivity contribution in [2.24, 2.45) is 5.92 Å². The van der Waals surface area contributed by atoms with Crippen LogP contribution < -0.4 is 5.32 Å². The first-order valence-electron chi connectivity index (χ1n) is 6.18. The lowest BCUT2D eigenvalue weighted by Crippen LogP contribution is -2.32. The molecule has 1 aliphatic carbocycles. The number of nitro groups is 1. The molecule has 21 heavy (non-hydrogen) atoms. The van der Waals surface area contributed by atoms with Gasteiger partial charge in [0.1, 0.15) is 10.9 Å². The van der Waals surface area contributed by atoms with Gasteiger partial charge in [-0.25, -0.2) is 9.59 Å². The lowest BCUT2D eigenvalue weighted by atomic mass is 10.2. The maximum atomic E-state index is 11.7. The predicted molar refractivity (Wildman–Crippen MR) is 74.5 cm³/mol. The van der Waals surface area contributed by atoms with Crippen molar-refractivity contribution in [2.45, 2.75) is 18.9 Å². The van der Waals surface area contributed by atoms with Crippen molar-refractivity contribution in [3.05, 3.63) is 21.1 Å². The Bertz CT molecular complexity index is 580. The van der Waals surface area contributed by atoms with Crippen molar-refractivity contribution in [3.8, 4) is 0 Å². The molecule has 8 nitrogen and oxygen atoms in total. The van der Waals surface area contributed by atoms with Crippen molar-refractivity contribution >= 4 is 34.0 Å². The zero-order chi connectivity index (χ0) is 15.6. The van der Waals surface area contributed by atoms with Crippen LogP contribution in [0.3, 0.4) is 0 Å². The monoisotopic (exact) mass is 314 g/mol. The number of carbonyl (C=O) groups is 2. The van der Waals surface area contributed by atoms with Crippen LogP contribution in [-0.4, -0.2) is 37.1 Å². The molecule has 1 fully saturated rings. The number of esters is 2. The summed E-state index contributed by atoms with van der Waals surface area (Å²) in [4.78, 5) is 33.8. The summed E-state index contributed by atoms with van der Waals surface area (Å²) in [5.41, 5.74) is -0.255. The van der Waals surface area contributed by atoms with Gasteiger partial charge in [-0.05, 0) is 18.8 Å². The average Bonchev–Trinajstić information content (AvgIpc) is 3.22. The lowest BCUT2D eigenvalue weighted by Gasteiger charge is -2.15. The van der Waals surface area contributed by atoms with E-state index >= 15 is 0 Å². The Balaban J connectivity index is 2.28. The molecule has 2 rings (SSSR count). The Morgan fingerprint density at radius 3 is 2.57 bits per heavy atom. The van der Waals surface area contributed by atoms with Gasteiger partial charge in [-0.1, -0.05) is 0 Å². The van der Waals surface area contributed by atoms with Crippen LogP contribution in [0.5, 0.6) is 0 Å². The van der Waals surface area contributed by atoms with Gasteiger partial charge in [0, 0.05) is 6.07 Å². The molecule has 9 heteroatoms. The number of nitrogens with one attached hydrogen (secondary N) is 1. The van der Waals surface area contributed by atoms with Crippen molar-refractivity contribution in [1.82, 2.24) is 0 Å². The number of hydrogen-bond donors (Lipinski definition) is 1. The number of ether oxygens (including phenoxy) is 2. The first-order valence-corrected chi connectivity index (χ1v) is 7.00. The fourth-order valence-corrected chi connectivity index (χ4v) is 2.87. The van der Waals surface area contributed by atoms with Gasteiger partial charge in [0.15, 0.2) is 5.00 Å². The number of carbonyl (C=O) groups excluding carboxylic acids is 2. The van der Waals surface area contributed by atoms with Gasteiger partial charge in [-0.15, -0.1) is 11.3 Å². The Labute approximate surface area is 124 Å². The van der Waals surface area contributed by atoms with Crippen molar-refractivity contribution in [2.75, 3.05) is 19.5 Å². The Morgan fingerprint density at radius 1 is 1.43 bits per heavy atom. The van der Waals surface area contributed by atoms with Gasteiger partial charge in [0.2, 0.25) is 0 Å². The first-order chi connectivity index (χ1) is 9.97. The summed E-state index contributed by atoms with van der Waals surface area (Å²) in [6, 6.07) is 0.498. The lowest BCUT2D eigenvalue weighted by molar-refractivity contribution is -0.383. The molecule has 1 heterocycles. The van der Waals surface area contributed by atoms with Crippen LogP contribution in [0.2, 0.25) is 0 Å². The van der Waals surface area contributed by atoms with Gasteiger partial charge in [0.05, 0.1) is 19.1 Å². The predicted octanol–water partition coefficient (Wildman–Crippen LogP) is 1.81. The fourth-order valence-electron chi connectivity index (χ4n) is 1.89. The standard InChI is InChI=1S/C12H14N2O6S/c1-19-11(15)8-5-7(14(17)18)10(21-8)13-9(6-3-4-6)12(16)20-2/h5-6,9,13H,3-4H2,1-2H3. The molecule has 114 valence electrons. The van der Waals surface area contributed by atoms with E-state index in [4.69, 9.17) is 4.74 Å². The van der Waals surface area contributed by atoms with E-state index in [0.29, 0.717) is 0 Å². The van der Waals surface area contributed by atoms with Crippen LogP contribution >= 0.6 is 11.3 Å². The second kappa shape index (κ2) is 6.08. The smallest absolute Gasteiger partial charge is 0.348 e. The first kappa shape index (κ1) is 15.2. The maximum absolute atomic E-state index is 11.7. The summed E-state index contributed by atoms with van der Waals surface area (Å²) in [6.07, 6.45) is 1.71. The van der Waals surface area contributed by atoms with E-state index in [1.54, 1.807) is 0 Å². The molecular formula is C12H14N2O6S. The Morgan fingerprint density at radius 2 is 2.10 bits per heavy atom. The molecule has 1 N–H and O–H groups in total. The van der Waals surface area contributed by atoms with Crippen LogP contribution in [0.1, 0.15) is 22.5 Å². The summed E-state index contributed by atoms with van der Waals surface area (Å²) in [7, 11) is 2.46. The molecule has 1 aliphatic rings. The largest absolute Gasteiger partial charge is 0.467 e. The van der Waals surface area contributed by atoms with Crippen LogP contribution in [0.4, 0.5) is 10.7 Å². The highest BCUT2D eigenvalue weighted by atomic mass is 32.1. The molecule has 1 atom stereocenters. The maximum Gasteiger partial charge on any atom is 0.348 e. The zero-order valence-electron chi connectivity index (χ0n) is 11.5. The van der Waals surface area contributed by atoms with E-state index in [1.165, 1.54) is 14.2 Å². The van der Waals surface area contributed by atoms with E-state index in [2.05, 4.69) is 10.1 Å². The zero-order valence-corrected chi connectivity index (χ0v) is 12.3. The number of anilines is 1. The minimum Gasteiger partial charge on any atom is -0.467 e. The number of thiophene rings is 1. The van der Waals surface area contributed by atoms with Crippen LogP contribution in [0.15, 0.2) is 6.07 Å². The van der Waals surface area contributed by atoms with E-state index in [9.17, 15) is 19.7 Å².